The number of halogens is 1. The topological polar surface area (TPSA) is 85.1 Å². The Bertz CT molecular complexity index is 979. The first kappa shape index (κ1) is 19.3. The van der Waals surface area contributed by atoms with Crippen molar-refractivity contribution in [3.05, 3.63) is 80.8 Å². The van der Waals surface area contributed by atoms with Gasteiger partial charge in [-0.25, -0.2) is 4.98 Å². The summed E-state index contributed by atoms with van der Waals surface area (Å²) in [7, 11) is 0. The number of thiazole rings is 1. The quantitative estimate of drug-likeness (QED) is 0.604. The Balaban J connectivity index is 1.76. The molecule has 0 aliphatic carbocycles. The van der Waals surface area contributed by atoms with Crippen LogP contribution < -0.4 is 11.1 Å². The van der Waals surface area contributed by atoms with Crippen LogP contribution in [0.2, 0.25) is 0 Å². The van der Waals surface area contributed by atoms with Crippen LogP contribution in [-0.4, -0.2) is 16.8 Å². The van der Waals surface area contributed by atoms with E-state index >= 15 is 0 Å². The van der Waals surface area contributed by atoms with Gasteiger partial charge in [0.1, 0.15) is 0 Å². The van der Waals surface area contributed by atoms with Crippen molar-refractivity contribution in [1.29, 1.82) is 0 Å². The molecular weight excluding hydrogens is 426 g/mol. The van der Waals surface area contributed by atoms with Gasteiger partial charge in [0, 0.05) is 26.4 Å². The van der Waals surface area contributed by atoms with Gasteiger partial charge >= 0.3 is 0 Å². The minimum Gasteiger partial charge on any atom is -0.366 e. The normalized spacial score (nSPS) is 11.2. The van der Waals surface area contributed by atoms with Crippen molar-refractivity contribution in [1.82, 2.24) is 4.98 Å². The van der Waals surface area contributed by atoms with Gasteiger partial charge in [0.2, 0.25) is 5.91 Å². The zero-order valence-electron chi connectivity index (χ0n) is 14.8. The van der Waals surface area contributed by atoms with Crippen molar-refractivity contribution in [2.24, 2.45) is 5.73 Å². The highest BCUT2D eigenvalue weighted by Crippen LogP contribution is 2.34. The second-order valence-electron chi connectivity index (χ2n) is 6.57. The van der Waals surface area contributed by atoms with Gasteiger partial charge in [-0.15, -0.1) is 11.3 Å². The molecule has 0 aliphatic heterocycles. The maximum absolute atomic E-state index is 12.4. The van der Waals surface area contributed by atoms with E-state index in [0.717, 1.165) is 15.7 Å². The Morgan fingerprint density at radius 2 is 1.63 bits per heavy atom. The van der Waals surface area contributed by atoms with Crippen LogP contribution in [-0.2, 0) is 5.41 Å². The Morgan fingerprint density at radius 1 is 1.04 bits per heavy atom. The standard InChI is InChI=1S/C20H18BrN3O2S/c1-20(2,14-7-9-15(21)10-8-14)16-11-27-19(23-16)24-18(26)13-5-3-12(4-6-13)17(22)25/h3-11H,1-2H3,(H2,22,25)(H,23,24,26). The van der Waals surface area contributed by atoms with Crippen LogP contribution in [0.4, 0.5) is 5.13 Å². The molecule has 1 heterocycles. The molecule has 7 heteroatoms. The molecule has 138 valence electrons. The summed E-state index contributed by atoms with van der Waals surface area (Å²) in [5.41, 5.74) is 7.74. The number of nitrogens with zero attached hydrogens (tertiary/aromatic N) is 1. The number of amides is 2. The fraction of sp³-hybridized carbons (Fsp3) is 0.150. The zero-order valence-corrected chi connectivity index (χ0v) is 17.2. The first-order valence-corrected chi connectivity index (χ1v) is 9.88. The highest BCUT2D eigenvalue weighted by Gasteiger charge is 2.26. The Morgan fingerprint density at radius 3 is 2.22 bits per heavy atom. The molecule has 3 aromatic rings. The largest absolute Gasteiger partial charge is 0.366 e. The Kier molecular flexibility index (Phi) is 5.43. The van der Waals surface area contributed by atoms with Gasteiger partial charge in [0.05, 0.1) is 5.69 Å². The lowest BCUT2D eigenvalue weighted by Crippen LogP contribution is -2.20. The highest BCUT2D eigenvalue weighted by molar-refractivity contribution is 9.10. The number of benzene rings is 2. The monoisotopic (exact) mass is 443 g/mol. The van der Waals surface area contributed by atoms with Crippen LogP contribution in [0.25, 0.3) is 0 Å². The summed E-state index contributed by atoms with van der Waals surface area (Å²) in [6.45, 7) is 4.19. The van der Waals surface area contributed by atoms with Crippen molar-refractivity contribution in [2.75, 3.05) is 5.32 Å². The summed E-state index contributed by atoms with van der Waals surface area (Å²) in [5.74, 6) is -0.810. The molecule has 3 rings (SSSR count). The molecule has 0 fully saturated rings. The molecule has 27 heavy (non-hydrogen) atoms. The summed E-state index contributed by atoms with van der Waals surface area (Å²) in [4.78, 5) is 28.1. The molecule has 5 nitrogen and oxygen atoms in total. The van der Waals surface area contributed by atoms with Gasteiger partial charge in [0.15, 0.2) is 5.13 Å². The summed E-state index contributed by atoms with van der Waals surface area (Å²) < 4.78 is 1.02. The number of nitrogens with one attached hydrogen (secondary N) is 1. The molecule has 2 amide bonds. The molecule has 0 atom stereocenters. The molecule has 2 aromatic carbocycles. The number of nitrogens with two attached hydrogens (primary N) is 1. The predicted molar refractivity (Wildman–Crippen MR) is 111 cm³/mol. The van der Waals surface area contributed by atoms with E-state index in [4.69, 9.17) is 5.73 Å². The maximum Gasteiger partial charge on any atom is 0.257 e. The first-order valence-electron chi connectivity index (χ1n) is 8.20. The number of rotatable bonds is 5. The minimum absolute atomic E-state index is 0.284. The zero-order chi connectivity index (χ0) is 19.6. The third-order valence-corrected chi connectivity index (χ3v) is 5.65. The third kappa shape index (κ3) is 4.26. The lowest BCUT2D eigenvalue weighted by Gasteiger charge is -2.23. The van der Waals surface area contributed by atoms with Gasteiger partial charge in [-0.1, -0.05) is 41.9 Å². The van der Waals surface area contributed by atoms with Gasteiger partial charge in [-0.05, 0) is 42.0 Å². The summed E-state index contributed by atoms with van der Waals surface area (Å²) in [6.07, 6.45) is 0. The molecular formula is C20H18BrN3O2S. The molecule has 3 N–H and O–H groups in total. The van der Waals surface area contributed by atoms with E-state index in [2.05, 4.69) is 52.2 Å². The van der Waals surface area contributed by atoms with Gasteiger partial charge in [0.25, 0.3) is 5.91 Å². The number of hydrogen-bond acceptors (Lipinski definition) is 4. The molecule has 1 aromatic heterocycles. The SMILES string of the molecule is CC(C)(c1ccc(Br)cc1)c1csc(NC(=O)c2ccc(C(N)=O)cc2)n1. The number of anilines is 1. The summed E-state index contributed by atoms with van der Waals surface area (Å²) >= 11 is 4.83. The number of hydrogen-bond donors (Lipinski definition) is 2. The molecule has 0 unspecified atom stereocenters. The van der Waals surface area contributed by atoms with Crippen molar-refractivity contribution in [2.45, 2.75) is 19.3 Å². The summed E-state index contributed by atoms with van der Waals surface area (Å²) in [5, 5.41) is 5.28. The molecule has 0 saturated carbocycles. The van der Waals surface area contributed by atoms with E-state index in [1.54, 1.807) is 12.1 Å². The number of carbonyl (C=O) groups excluding carboxylic acids is 2. The smallest absolute Gasteiger partial charge is 0.257 e. The van der Waals surface area contributed by atoms with Crippen LogP contribution in [0.3, 0.4) is 0 Å². The first-order chi connectivity index (χ1) is 12.8. The van der Waals surface area contributed by atoms with Crippen molar-refractivity contribution < 1.29 is 9.59 Å². The average molecular weight is 444 g/mol. The number of primary amides is 1. The van der Waals surface area contributed by atoms with Crippen molar-refractivity contribution >= 4 is 44.2 Å². The minimum atomic E-state index is -0.526. The lowest BCUT2D eigenvalue weighted by atomic mass is 9.82. The van der Waals surface area contributed by atoms with Crippen LogP contribution in [0.5, 0.6) is 0 Å². The van der Waals surface area contributed by atoms with E-state index in [0.29, 0.717) is 16.3 Å². The van der Waals surface area contributed by atoms with Gasteiger partial charge < -0.3 is 5.73 Å². The van der Waals surface area contributed by atoms with E-state index in [1.807, 2.05) is 17.5 Å². The second-order valence-corrected chi connectivity index (χ2v) is 8.34. The van der Waals surface area contributed by atoms with E-state index in [1.165, 1.54) is 23.5 Å². The van der Waals surface area contributed by atoms with Crippen LogP contribution in [0.1, 0.15) is 45.8 Å². The van der Waals surface area contributed by atoms with E-state index in [-0.39, 0.29) is 11.3 Å². The van der Waals surface area contributed by atoms with Gasteiger partial charge in [-0.2, -0.15) is 0 Å². The number of aromatic nitrogens is 1. The van der Waals surface area contributed by atoms with Crippen LogP contribution in [0.15, 0.2) is 58.4 Å². The third-order valence-electron chi connectivity index (χ3n) is 4.36. The predicted octanol–water partition coefficient (Wildman–Crippen LogP) is 4.58. The second kappa shape index (κ2) is 7.62. The van der Waals surface area contributed by atoms with E-state index in [9.17, 15) is 9.59 Å². The lowest BCUT2D eigenvalue weighted by molar-refractivity contribution is 0.0995. The number of carbonyl (C=O) groups is 2. The van der Waals surface area contributed by atoms with Crippen LogP contribution >= 0.6 is 27.3 Å². The van der Waals surface area contributed by atoms with Crippen LogP contribution in [0, 0.1) is 0 Å². The average Bonchev–Trinajstić information content (AvgIpc) is 3.11. The van der Waals surface area contributed by atoms with Crippen molar-refractivity contribution in [3.63, 3.8) is 0 Å². The fourth-order valence-electron chi connectivity index (χ4n) is 2.59. The highest BCUT2D eigenvalue weighted by atomic mass is 79.9. The molecule has 0 aliphatic rings. The summed E-state index contributed by atoms with van der Waals surface area (Å²) in [6, 6.07) is 14.3. The fourth-order valence-corrected chi connectivity index (χ4v) is 3.73. The molecule has 0 bridgehead atoms. The maximum atomic E-state index is 12.4. The Labute approximate surface area is 169 Å². The molecule has 0 spiro atoms. The van der Waals surface area contributed by atoms with E-state index < -0.39 is 5.91 Å². The molecule has 0 radical (unpaired) electrons. The van der Waals surface area contributed by atoms with Crippen molar-refractivity contribution in [3.8, 4) is 0 Å². The Hall–Kier alpha value is -2.51. The van der Waals surface area contributed by atoms with Gasteiger partial charge in [-0.3, -0.25) is 14.9 Å². The molecule has 0 saturated heterocycles.